The van der Waals surface area contributed by atoms with Crippen LogP contribution in [-0.4, -0.2) is 36.2 Å². The minimum Gasteiger partial charge on any atom is -0.354 e. The largest absolute Gasteiger partial charge is 0.354 e. The first-order valence-corrected chi connectivity index (χ1v) is 10.7. The van der Waals surface area contributed by atoms with Crippen LogP contribution in [0.3, 0.4) is 0 Å². The summed E-state index contributed by atoms with van der Waals surface area (Å²) in [7, 11) is 0. The van der Waals surface area contributed by atoms with E-state index in [2.05, 4.69) is 34.5 Å². The van der Waals surface area contributed by atoms with Crippen LogP contribution in [-0.2, 0) is 11.2 Å². The first-order chi connectivity index (χ1) is 13.1. The molecule has 27 heavy (non-hydrogen) atoms. The molecule has 1 N–H and O–H groups in total. The van der Waals surface area contributed by atoms with Gasteiger partial charge in [0, 0.05) is 6.54 Å². The number of carbonyl (C=O) groups is 2. The highest BCUT2D eigenvalue weighted by molar-refractivity contribution is 7.12. The Bertz CT molecular complexity index is 749. The highest BCUT2D eigenvalue weighted by Crippen LogP contribution is 2.24. The molecule has 2 heterocycles. The molecule has 2 aromatic rings. The van der Waals surface area contributed by atoms with Crippen LogP contribution >= 0.6 is 11.3 Å². The van der Waals surface area contributed by atoms with Crippen LogP contribution in [0.1, 0.15) is 59.4 Å². The lowest BCUT2D eigenvalue weighted by Crippen LogP contribution is -2.39. The van der Waals surface area contributed by atoms with Crippen molar-refractivity contribution in [2.24, 2.45) is 0 Å². The lowest BCUT2D eigenvalue weighted by Gasteiger charge is -2.31. The molecule has 0 spiro atoms. The van der Waals surface area contributed by atoms with Gasteiger partial charge in [0.2, 0.25) is 5.91 Å². The number of carbonyl (C=O) groups excluding carboxylic acids is 2. The molecule has 0 unspecified atom stereocenters. The molecule has 1 aliphatic heterocycles. The fourth-order valence-corrected chi connectivity index (χ4v) is 4.47. The Morgan fingerprint density at radius 3 is 2.44 bits per heavy atom. The van der Waals surface area contributed by atoms with Crippen LogP contribution in [0.4, 0.5) is 0 Å². The number of rotatable bonds is 7. The van der Waals surface area contributed by atoms with Crippen LogP contribution in [0, 0.1) is 0 Å². The minimum atomic E-state index is 0.0126. The van der Waals surface area contributed by atoms with Gasteiger partial charge in [0.15, 0.2) is 5.78 Å². The first-order valence-electron chi connectivity index (χ1n) is 9.77. The standard InChI is InChI=1S/C22H28N2O2S/c1-17(25)21-13-18(16-27-21)14-22(26)23-15-20(19-9-5-4-6-10-19)24-11-7-2-3-8-12-24/h4-6,9-10,13,16,20H,2-3,7-8,11-12,14-15H2,1H3,(H,23,26)/t20-/m1/s1. The molecule has 1 amide bonds. The Kier molecular flexibility index (Phi) is 7.18. The van der Waals surface area contributed by atoms with Crippen LogP contribution in [0.25, 0.3) is 0 Å². The molecule has 0 radical (unpaired) electrons. The van der Waals surface area contributed by atoms with Crippen molar-refractivity contribution in [2.75, 3.05) is 19.6 Å². The molecule has 1 atom stereocenters. The van der Waals surface area contributed by atoms with Gasteiger partial charge in [0.1, 0.15) is 0 Å². The molecule has 1 aromatic carbocycles. The summed E-state index contributed by atoms with van der Waals surface area (Å²) < 4.78 is 0. The normalized spacial score (nSPS) is 16.5. The number of nitrogens with zero attached hydrogens (tertiary/aromatic N) is 1. The van der Waals surface area contributed by atoms with Crippen LogP contribution in [0.5, 0.6) is 0 Å². The van der Waals surface area contributed by atoms with Crippen molar-refractivity contribution in [1.29, 1.82) is 0 Å². The number of amides is 1. The van der Waals surface area contributed by atoms with E-state index >= 15 is 0 Å². The smallest absolute Gasteiger partial charge is 0.224 e. The van der Waals surface area contributed by atoms with Crippen molar-refractivity contribution in [3.63, 3.8) is 0 Å². The molecule has 5 heteroatoms. The predicted octanol–water partition coefficient (Wildman–Crippen LogP) is 4.23. The summed E-state index contributed by atoms with van der Waals surface area (Å²) in [5, 5.41) is 5.03. The van der Waals surface area contributed by atoms with Gasteiger partial charge in [-0.25, -0.2) is 0 Å². The Labute approximate surface area is 165 Å². The number of hydrogen-bond acceptors (Lipinski definition) is 4. The summed E-state index contributed by atoms with van der Waals surface area (Å²) in [5.74, 6) is 0.0654. The van der Waals surface area contributed by atoms with Crippen LogP contribution < -0.4 is 5.32 Å². The quantitative estimate of drug-likeness (QED) is 0.727. The summed E-state index contributed by atoms with van der Waals surface area (Å²) >= 11 is 1.41. The second-order valence-electron chi connectivity index (χ2n) is 7.23. The van der Waals surface area contributed by atoms with Gasteiger partial charge in [-0.2, -0.15) is 0 Å². The van der Waals surface area contributed by atoms with Crippen LogP contribution in [0.2, 0.25) is 0 Å². The van der Waals surface area contributed by atoms with Crippen molar-refractivity contribution in [1.82, 2.24) is 10.2 Å². The molecule has 4 nitrogen and oxygen atoms in total. The molecule has 3 rings (SSSR count). The molecule has 144 valence electrons. The Morgan fingerprint density at radius 1 is 1.11 bits per heavy atom. The van der Waals surface area contributed by atoms with E-state index in [9.17, 15) is 9.59 Å². The van der Waals surface area contributed by atoms with Gasteiger partial charge in [-0.05, 0) is 55.4 Å². The average molecular weight is 385 g/mol. The molecule has 0 bridgehead atoms. The summed E-state index contributed by atoms with van der Waals surface area (Å²) in [6.45, 7) is 4.34. The molecule has 1 fully saturated rings. The molecular formula is C22H28N2O2S. The topological polar surface area (TPSA) is 49.4 Å². The zero-order valence-corrected chi connectivity index (χ0v) is 16.8. The average Bonchev–Trinajstić information content (AvgIpc) is 2.97. The second-order valence-corrected chi connectivity index (χ2v) is 8.14. The van der Waals surface area contributed by atoms with Crippen molar-refractivity contribution in [3.8, 4) is 0 Å². The predicted molar refractivity (Wildman–Crippen MR) is 110 cm³/mol. The van der Waals surface area contributed by atoms with Gasteiger partial charge in [-0.15, -0.1) is 11.3 Å². The van der Waals surface area contributed by atoms with Gasteiger partial charge >= 0.3 is 0 Å². The maximum absolute atomic E-state index is 12.5. The van der Waals surface area contributed by atoms with Gasteiger partial charge in [0.05, 0.1) is 17.3 Å². The summed E-state index contributed by atoms with van der Waals surface area (Å²) in [4.78, 5) is 27.1. The molecule has 0 aliphatic carbocycles. The molecule has 1 aromatic heterocycles. The molecule has 1 saturated heterocycles. The third-order valence-corrected chi connectivity index (χ3v) is 6.20. The van der Waals surface area contributed by atoms with Crippen LogP contribution in [0.15, 0.2) is 41.8 Å². The summed E-state index contributed by atoms with van der Waals surface area (Å²) in [6.07, 6.45) is 5.35. The minimum absolute atomic E-state index is 0.0126. The number of likely N-dealkylation sites (tertiary alicyclic amines) is 1. The molecule has 0 saturated carbocycles. The van der Waals surface area contributed by atoms with Gasteiger partial charge < -0.3 is 5.32 Å². The van der Waals surface area contributed by atoms with Crippen molar-refractivity contribution in [2.45, 2.75) is 45.1 Å². The zero-order valence-electron chi connectivity index (χ0n) is 15.9. The lowest BCUT2D eigenvalue weighted by atomic mass is 10.0. The molecule has 1 aliphatic rings. The Hall–Kier alpha value is -1.98. The van der Waals surface area contributed by atoms with E-state index in [0.717, 1.165) is 18.7 Å². The third-order valence-electron chi connectivity index (χ3n) is 5.12. The lowest BCUT2D eigenvalue weighted by molar-refractivity contribution is -0.120. The molecular weight excluding hydrogens is 356 g/mol. The van der Waals surface area contributed by atoms with E-state index in [1.54, 1.807) is 6.92 Å². The third kappa shape index (κ3) is 5.75. The monoisotopic (exact) mass is 384 g/mol. The second kappa shape index (κ2) is 9.81. The van der Waals surface area contributed by atoms with E-state index < -0.39 is 0 Å². The first kappa shape index (κ1) is 19.8. The summed E-state index contributed by atoms with van der Waals surface area (Å²) in [6, 6.07) is 12.5. The van der Waals surface area contributed by atoms with E-state index in [4.69, 9.17) is 0 Å². The van der Waals surface area contributed by atoms with Crippen molar-refractivity contribution >= 4 is 23.0 Å². The number of Topliss-reactive ketones (excluding diaryl/α,β-unsaturated/α-hetero) is 1. The van der Waals surface area contributed by atoms with Gasteiger partial charge in [-0.1, -0.05) is 43.2 Å². The number of benzene rings is 1. The zero-order chi connectivity index (χ0) is 19.1. The highest BCUT2D eigenvalue weighted by Gasteiger charge is 2.22. The van der Waals surface area contributed by atoms with E-state index in [1.165, 1.54) is 42.6 Å². The summed E-state index contributed by atoms with van der Waals surface area (Å²) in [5.41, 5.74) is 2.17. The number of hydrogen-bond donors (Lipinski definition) is 1. The Morgan fingerprint density at radius 2 is 1.81 bits per heavy atom. The maximum Gasteiger partial charge on any atom is 0.224 e. The Balaban J connectivity index is 1.62. The maximum atomic E-state index is 12.5. The number of ketones is 1. The van der Waals surface area contributed by atoms with Gasteiger partial charge in [0.25, 0.3) is 0 Å². The van der Waals surface area contributed by atoms with E-state index in [1.807, 2.05) is 17.5 Å². The highest BCUT2D eigenvalue weighted by atomic mass is 32.1. The fourth-order valence-electron chi connectivity index (χ4n) is 3.65. The fraction of sp³-hybridized carbons (Fsp3) is 0.455. The number of thiophene rings is 1. The van der Waals surface area contributed by atoms with E-state index in [0.29, 0.717) is 17.8 Å². The van der Waals surface area contributed by atoms with Gasteiger partial charge in [-0.3, -0.25) is 14.5 Å². The SMILES string of the molecule is CC(=O)c1cc(CC(=O)NC[C@H](c2ccccc2)N2CCCCCC2)cs1. The van der Waals surface area contributed by atoms with Crippen molar-refractivity contribution < 1.29 is 9.59 Å². The number of nitrogens with one attached hydrogen (secondary N) is 1. The van der Waals surface area contributed by atoms with Crippen molar-refractivity contribution in [3.05, 3.63) is 57.8 Å². The van der Waals surface area contributed by atoms with E-state index in [-0.39, 0.29) is 17.7 Å².